The van der Waals surface area contributed by atoms with Gasteiger partial charge in [-0.1, -0.05) is 6.92 Å². The number of furan rings is 1. The standard InChI is InChI=1S/C14H21N3O2/c1-5-11-10(6-7-19-11)13(15)14-12(18-4)8-16-17(14)9(2)3/h6-9,13H,5,15H2,1-4H3. The van der Waals surface area contributed by atoms with Crippen LogP contribution < -0.4 is 10.5 Å². The van der Waals surface area contributed by atoms with E-state index in [0.29, 0.717) is 5.75 Å². The molecule has 0 aliphatic heterocycles. The topological polar surface area (TPSA) is 66.2 Å². The number of hydrogen-bond donors (Lipinski definition) is 1. The maximum Gasteiger partial charge on any atom is 0.161 e. The largest absolute Gasteiger partial charge is 0.493 e. The summed E-state index contributed by atoms with van der Waals surface area (Å²) in [5.41, 5.74) is 8.27. The smallest absolute Gasteiger partial charge is 0.161 e. The third kappa shape index (κ3) is 2.38. The van der Waals surface area contributed by atoms with Gasteiger partial charge >= 0.3 is 0 Å². The van der Waals surface area contributed by atoms with Gasteiger partial charge in [-0.2, -0.15) is 5.10 Å². The number of ether oxygens (including phenoxy) is 1. The molecule has 0 aliphatic rings. The third-order valence-electron chi connectivity index (χ3n) is 3.24. The van der Waals surface area contributed by atoms with E-state index in [0.717, 1.165) is 23.4 Å². The van der Waals surface area contributed by atoms with Crippen LogP contribution in [0.2, 0.25) is 0 Å². The SMILES string of the molecule is CCc1occc1C(N)c1c(OC)cnn1C(C)C. The summed E-state index contributed by atoms with van der Waals surface area (Å²) in [6.07, 6.45) is 4.20. The molecule has 2 rings (SSSR count). The fraction of sp³-hybridized carbons (Fsp3) is 0.500. The van der Waals surface area contributed by atoms with Crippen LogP contribution in [0.25, 0.3) is 0 Å². The van der Waals surface area contributed by atoms with Crippen LogP contribution in [0.3, 0.4) is 0 Å². The van der Waals surface area contributed by atoms with Crippen molar-refractivity contribution in [1.29, 1.82) is 0 Å². The molecule has 0 spiro atoms. The highest BCUT2D eigenvalue weighted by molar-refractivity contribution is 5.37. The highest BCUT2D eigenvalue weighted by atomic mass is 16.5. The van der Waals surface area contributed by atoms with Crippen molar-refractivity contribution in [2.75, 3.05) is 7.11 Å². The Morgan fingerprint density at radius 1 is 1.47 bits per heavy atom. The van der Waals surface area contributed by atoms with Gasteiger partial charge < -0.3 is 14.9 Å². The molecule has 1 atom stereocenters. The Balaban J connectivity index is 2.48. The van der Waals surface area contributed by atoms with Crippen LogP contribution in [-0.2, 0) is 6.42 Å². The van der Waals surface area contributed by atoms with Crippen molar-refractivity contribution in [2.45, 2.75) is 39.3 Å². The van der Waals surface area contributed by atoms with Gasteiger partial charge in [0.15, 0.2) is 5.75 Å². The molecule has 0 amide bonds. The van der Waals surface area contributed by atoms with Crippen LogP contribution in [0.15, 0.2) is 22.9 Å². The Hall–Kier alpha value is -1.75. The van der Waals surface area contributed by atoms with E-state index in [2.05, 4.69) is 18.9 Å². The second kappa shape index (κ2) is 5.48. The molecular weight excluding hydrogens is 242 g/mol. The lowest BCUT2D eigenvalue weighted by atomic mass is 10.0. The molecule has 2 heterocycles. The molecule has 0 bridgehead atoms. The molecule has 2 aromatic heterocycles. The van der Waals surface area contributed by atoms with E-state index in [-0.39, 0.29) is 12.1 Å². The summed E-state index contributed by atoms with van der Waals surface area (Å²) in [6, 6.07) is 1.84. The molecule has 5 heteroatoms. The van der Waals surface area contributed by atoms with Crippen molar-refractivity contribution in [3.63, 3.8) is 0 Å². The van der Waals surface area contributed by atoms with Crippen molar-refractivity contribution >= 4 is 0 Å². The second-order valence-corrected chi connectivity index (χ2v) is 4.77. The zero-order chi connectivity index (χ0) is 14.0. The van der Waals surface area contributed by atoms with Crippen molar-refractivity contribution < 1.29 is 9.15 Å². The summed E-state index contributed by atoms with van der Waals surface area (Å²) in [5, 5.41) is 4.35. The molecule has 5 nitrogen and oxygen atoms in total. The normalized spacial score (nSPS) is 12.9. The first-order valence-corrected chi connectivity index (χ1v) is 6.53. The van der Waals surface area contributed by atoms with Crippen molar-refractivity contribution in [1.82, 2.24) is 9.78 Å². The molecule has 0 saturated heterocycles. The van der Waals surface area contributed by atoms with Crippen LogP contribution in [-0.4, -0.2) is 16.9 Å². The van der Waals surface area contributed by atoms with Gasteiger partial charge in [0.25, 0.3) is 0 Å². The number of hydrogen-bond acceptors (Lipinski definition) is 4. The minimum absolute atomic E-state index is 0.224. The van der Waals surface area contributed by atoms with Gasteiger partial charge in [0.1, 0.15) is 11.5 Å². The molecule has 1 unspecified atom stereocenters. The number of rotatable bonds is 5. The Labute approximate surface area is 113 Å². The summed E-state index contributed by atoms with van der Waals surface area (Å²) >= 11 is 0. The van der Waals surface area contributed by atoms with E-state index in [1.807, 2.05) is 17.7 Å². The fourth-order valence-corrected chi connectivity index (χ4v) is 2.28. The molecule has 0 aromatic carbocycles. The number of methoxy groups -OCH3 is 1. The van der Waals surface area contributed by atoms with Crippen molar-refractivity contribution in [3.8, 4) is 5.75 Å². The molecule has 0 saturated carbocycles. The van der Waals surface area contributed by atoms with Crippen LogP contribution >= 0.6 is 0 Å². The summed E-state index contributed by atoms with van der Waals surface area (Å²) in [4.78, 5) is 0. The summed E-state index contributed by atoms with van der Waals surface area (Å²) < 4.78 is 12.7. The van der Waals surface area contributed by atoms with Gasteiger partial charge in [0, 0.05) is 18.0 Å². The van der Waals surface area contributed by atoms with E-state index >= 15 is 0 Å². The average molecular weight is 263 g/mol. The summed E-state index contributed by atoms with van der Waals surface area (Å²) in [6.45, 7) is 6.18. The minimum atomic E-state index is -0.298. The first kappa shape index (κ1) is 13.7. The Kier molecular flexibility index (Phi) is 3.95. The van der Waals surface area contributed by atoms with Crippen LogP contribution in [0.1, 0.15) is 49.9 Å². The highest BCUT2D eigenvalue weighted by Gasteiger charge is 2.24. The molecule has 0 aliphatic carbocycles. The van der Waals surface area contributed by atoms with E-state index in [4.69, 9.17) is 14.9 Å². The zero-order valence-electron chi connectivity index (χ0n) is 11.9. The number of nitrogens with zero attached hydrogens (tertiary/aromatic N) is 2. The van der Waals surface area contributed by atoms with Gasteiger partial charge in [-0.3, -0.25) is 4.68 Å². The number of nitrogens with two attached hydrogens (primary N) is 1. The monoisotopic (exact) mass is 263 g/mol. The number of aryl methyl sites for hydroxylation is 1. The summed E-state index contributed by atoms with van der Waals surface area (Å²) in [5.74, 6) is 1.62. The lowest BCUT2D eigenvalue weighted by Gasteiger charge is -2.18. The highest BCUT2D eigenvalue weighted by Crippen LogP contribution is 2.32. The average Bonchev–Trinajstić information content (AvgIpc) is 3.03. The van der Waals surface area contributed by atoms with Gasteiger partial charge in [0.05, 0.1) is 25.6 Å². The number of aromatic nitrogens is 2. The lowest BCUT2D eigenvalue weighted by molar-refractivity contribution is 0.400. The summed E-state index contributed by atoms with van der Waals surface area (Å²) in [7, 11) is 1.63. The van der Waals surface area contributed by atoms with Crippen molar-refractivity contribution in [3.05, 3.63) is 35.5 Å². The zero-order valence-corrected chi connectivity index (χ0v) is 11.9. The van der Waals surface area contributed by atoms with Crippen LogP contribution in [0, 0.1) is 0 Å². The second-order valence-electron chi connectivity index (χ2n) is 4.77. The van der Waals surface area contributed by atoms with Crippen LogP contribution in [0.4, 0.5) is 0 Å². The molecular formula is C14H21N3O2. The maximum absolute atomic E-state index is 6.40. The predicted octanol–water partition coefficient (Wildman–Crippen LogP) is 2.68. The van der Waals surface area contributed by atoms with E-state index in [9.17, 15) is 0 Å². The minimum Gasteiger partial charge on any atom is -0.493 e. The fourth-order valence-electron chi connectivity index (χ4n) is 2.28. The van der Waals surface area contributed by atoms with Gasteiger partial charge in [-0.05, 0) is 19.9 Å². The van der Waals surface area contributed by atoms with E-state index < -0.39 is 0 Å². The molecule has 104 valence electrons. The first-order valence-electron chi connectivity index (χ1n) is 6.53. The molecule has 19 heavy (non-hydrogen) atoms. The molecule has 2 aromatic rings. The van der Waals surface area contributed by atoms with Gasteiger partial charge in [-0.25, -0.2) is 0 Å². The first-order chi connectivity index (χ1) is 9.10. The quantitative estimate of drug-likeness (QED) is 0.900. The predicted molar refractivity (Wildman–Crippen MR) is 73.3 cm³/mol. The van der Waals surface area contributed by atoms with Gasteiger partial charge in [-0.15, -0.1) is 0 Å². The lowest BCUT2D eigenvalue weighted by Crippen LogP contribution is -2.20. The Bertz CT molecular complexity index is 543. The molecule has 2 N–H and O–H groups in total. The van der Waals surface area contributed by atoms with E-state index in [1.54, 1.807) is 19.6 Å². The molecule has 0 radical (unpaired) electrons. The van der Waals surface area contributed by atoms with Gasteiger partial charge in [0.2, 0.25) is 0 Å². The maximum atomic E-state index is 6.40. The van der Waals surface area contributed by atoms with Crippen molar-refractivity contribution in [2.24, 2.45) is 5.73 Å². The molecule has 0 fully saturated rings. The van der Waals surface area contributed by atoms with E-state index in [1.165, 1.54) is 0 Å². The van der Waals surface area contributed by atoms with Crippen LogP contribution in [0.5, 0.6) is 5.75 Å². The Morgan fingerprint density at radius 3 is 2.79 bits per heavy atom. The Morgan fingerprint density at radius 2 is 2.21 bits per heavy atom. The third-order valence-corrected chi connectivity index (χ3v) is 3.24.